The van der Waals surface area contributed by atoms with E-state index in [1.54, 1.807) is 37.6 Å². The molecule has 0 spiro atoms. The van der Waals surface area contributed by atoms with Crippen LogP contribution in [-0.4, -0.2) is 19.2 Å². The molecule has 0 aliphatic carbocycles. The zero-order valence-electron chi connectivity index (χ0n) is 12.1. The van der Waals surface area contributed by atoms with Crippen molar-refractivity contribution in [1.82, 2.24) is 5.43 Å². The molecule has 0 saturated heterocycles. The molecule has 1 unspecified atom stereocenters. The van der Waals surface area contributed by atoms with Crippen molar-refractivity contribution >= 4 is 12.1 Å². The van der Waals surface area contributed by atoms with Gasteiger partial charge in [0.2, 0.25) is 0 Å². The molecule has 0 heterocycles. The molecule has 2 aromatic rings. The molecule has 4 heteroatoms. The molecule has 0 saturated carbocycles. The molecule has 1 N–H and O–H groups in total. The minimum Gasteiger partial charge on any atom is -0.497 e. The summed E-state index contributed by atoms with van der Waals surface area (Å²) in [7, 11) is 1.59. The first kappa shape index (κ1) is 14.8. The monoisotopic (exact) mass is 282 g/mol. The smallest absolute Gasteiger partial charge is 0.271 e. The van der Waals surface area contributed by atoms with Crippen LogP contribution in [0, 0.1) is 0 Å². The van der Waals surface area contributed by atoms with Crippen LogP contribution in [0.15, 0.2) is 59.7 Å². The van der Waals surface area contributed by atoms with Gasteiger partial charge in [0.05, 0.1) is 7.11 Å². The summed E-state index contributed by atoms with van der Waals surface area (Å²) in [6.07, 6.45) is 1.72. The standard InChI is InChI=1S/C17H18N2O2/c1-13(14-6-4-3-5-7-14)12-18-19-17(20)15-8-10-16(21-2)11-9-15/h3-13H,1-2H3,(H,19,20)/b18-12+. The van der Waals surface area contributed by atoms with E-state index in [1.165, 1.54) is 0 Å². The molecule has 0 bridgehead atoms. The van der Waals surface area contributed by atoms with Gasteiger partial charge in [-0.05, 0) is 29.8 Å². The molecule has 0 aliphatic heterocycles. The largest absolute Gasteiger partial charge is 0.497 e. The summed E-state index contributed by atoms with van der Waals surface area (Å²) in [4.78, 5) is 11.9. The number of methoxy groups -OCH3 is 1. The molecule has 1 atom stereocenters. The molecule has 0 radical (unpaired) electrons. The summed E-state index contributed by atoms with van der Waals surface area (Å²) in [5.74, 6) is 0.615. The van der Waals surface area contributed by atoms with Crippen molar-refractivity contribution in [2.75, 3.05) is 7.11 Å². The van der Waals surface area contributed by atoms with Crippen molar-refractivity contribution in [3.05, 3.63) is 65.7 Å². The first-order valence-corrected chi connectivity index (χ1v) is 6.73. The third-order valence-corrected chi connectivity index (χ3v) is 3.14. The highest BCUT2D eigenvalue weighted by atomic mass is 16.5. The predicted molar refractivity (Wildman–Crippen MR) is 83.8 cm³/mol. The van der Waals surface area contributed by atoms with Crippen molar-refractivity contribution < 1.29 is 9.53 Å². The number of carbonyl (C=O) groups is 1. The van der Waals surface area contributed by atoms with Crippen LogP contribution in [-0.2, 0) is 0 Å². The Hall–Kier alpha value is -2.62. The van der Waals surface area contributed by atoms with Gasteiger partial charge in [-0.25, -0.2) is 5.43 Å². The van der Waals surface area contributed by atoms with Gasteiger partial charge >= 0.3 is 0 Å². The second-order valence-corrected chi connectivity index (χ2v) is 4.65. The minimum atomic E-state index is -0.242. The Balaban J connectivity index is 1.92. The van der Waals surface area contributed by atoms with Gasteiger partial charge in [-0.15, -0.1) is 0 Å². The second-order valence-electron chi connectivity index (χ2n) is 4.65. The maximum absolute atomic E-state index is 11.9. The van der Waals surface area contributed by atoms with Gasteiger partial charge < -0.3 is 4.74 Å². The van der Waals surface area contributed by atoms with Gasteiger partial charge in [0, 0.05) is 17.7 Å². The minimum absolute atomic E-state index is 0.141. The van der Waals surface area contributed by atoms with Crippen molar-refractivity contribution in [2.45, 2.75) is 12.8 Å². The molecule has 1 amide bonds. The van der Waals surface area contributed by atoms with Crippen LogP contribution in [0.5, 0.6) is 5.75 Å². The van der Waals surface area contributed by atoms with Crippen molar-refractivity contribution in [3.8, 4) is 5.75 Å². The molecule has 0 aliphatic rings. The third kappa shape index (κ3) is 4.18. The molecule has 0 fully saturated rings. The Morgan fingerprint density at radius 2 is 1.81 bits per heavy atom. The fraction of sp³-hybridized carbons (Fsp3) is 0.176. The van der Waals surface area contributed by atoms with Crippen LogP contribution in [0.4, 0.5) is 0 Å². The molecule has 4 nitrogen and oxygen atoms in total. The highest BCUT2D eigenvalue weighted by Crippen LogP contribution is 2.12. The fourth-order valence-electron chi connectivity index (χ4n) is 1.86. The number of hydrogen-bond acceptors (Lipinski definition) is 3. The van der Waals surface area contributed by atoms with Crippen molar-refractivity contribution in [3.63, 3.8) is 0 Å². The summed E-state index contributed by atoms with van der Waals surface area (Å²) >= 11 is 0. The maximum Gasteiger partial charge on any atom is 0.271 e. The Bertz CT molecular complexity index is 606. The molecular formula is C17H18N2O2. The summed E-state index contributed by atoms with van der Waals surface area (Å²) < 4.78 is 5.05. The summed E-state index contributed by atoms with van der Waals surface area (Å²) in [5.41, 5.74) is 4.22. The van der Waals surface area contributed by atoms with Gasteiger partial charge in [0.25, 0.3) is 5.91 Å². The average Bonchev–Trinajstić information content (AvgIpc) is 2.55. The number of hydrazone groups is 1. The molecule has 0 aromatic heterocycles. The quantitative estimate of drug-likeness (QED) is 0.676. The number of hydrogen-bond donors (Lipinski definition) is 1. The Morgan fingerprint density at radius 1 is 1.14 bits per heavy atom. The predicted octanol–water partition coefficient (Wildman–Crippen LogP) is 3.21. The third-order valence-electron chi connectivity index (χ3n) is 3.14. The first-order valence-electron chi connectivity index (χ1n) is 6.73. The van der Waals surface area contributed by atoms with Crippen LogP contribution < -0.4 is 10.2 Å². The lowest BCUT2D eigenvalue weighted by Crippen LogP contribution is -2.18. The number of nitrogens with zero attached hydrogens (tertiary/aromatic N) is 1. The highest BCUT2D eigenvalue weighted by molar-refractivity contribution is 5.94. The fourth-order valence-corrected chi connectivity index (χ4v) is 1.86. The molecule has 108 valence electrons. The average molecular weight is 282 g/mol. The molecule has 21 heavy (non-hydrogen) atoms. The van der Waals surface area contributed by atoms with E-state index in [0.717, 1.165) is 5.56 Å². The van der Waals surface area contributed by atoms with Crippen molar-refractivity contribution in [2.24, 2.45) is 5.10 Å². The number of rotatable bonds is 5. The number of nitrogens with one attached hydrogen (secondary N) is 1. The summed E-state index contributed by atoms with van der Waals surface area (Å²) in [6, 6.07) is 16.9. The van der Waals surface area contributed by atoms with Gasteiger partial charge in [-0.2, -0.15) is 5.10 Å². The Morgan fingerprint density at radius 3 is 2.43 bits per heavy atom. The first-order chi connectivity index (χ1) is 10.2. The number of benzene rings is 2. The van der Waals surface area contributed by atoms with Crippen LogP contribution in [0.2, 0.25) is 0 Å². The Kier molecular flexibility index (Phi) is 5.10. The van der Waals surface area contributed by atoms with Gasteiger partial charge in [0.1, 0.15) is 5.75 Å². The van der Waals surface area contributed by atoms with E-state index < -0.39 is 0 Å². The number of ether oxygens (including phenoxy) is 1. The maximum atomic E-state index is 11.9. The summed E-state index contributed by atoms with van der Waals surface area (Å²) in [6.45, 7) is 2.03. The van der Waals surface area contributed by atoms with Gasteiger partial charge in [-0.1, -0.05) is 37.3 Å². The summed E-state index contributed by atoms with van der Waals surface area (Å²) in [5, 5.41) is 4.01. The zero-order chi connectivity index (χ0) is 15.1. The van der Waals surface area contributed by atoms with E-state index in [1.807, 2.05) is 37.3 Å². The normalized spacial score (nSPS) is 12.1. The van der Waals surface area contributed by atoms with Crippen LogP contribution >= 0.6 is 0 Å². The van der Waals surface area contributed by atoms with E-state index >= 15 is 0 Å². The number of carbonyl (C=O) groups excluding carboxylic acids is 1. The van der Waals surface area contributed by atoms with E-state index in [4.69, 9.17) is 4.74 Å². The highest BCUT2D eigenvalue weighted by Gasteiger charge is 2.05. The van der Waals surface area contributed by atoms with E-state index in [-0.39, 0.29) is 11.8 Å². The molecule has 2 aromatic carbocycles. The van der Waals surface area contributed by atoms with E-state index in [0.29, 0.717) is 11.3 Å². The van der Waals surface area contributed by atoms with Crippen LogP contribution in [0.3, 0.4) is 0 Å². The lowest BCUT2D eigenvalue weighted by atomic mass is 10.0. The Labute approximate surface area is 124 Å². The molecule has 2 rings (SSSR count). The van der Waals surface area contributed by atoms with E-state index in [2.05, 4.69) is 10.5 Å². The van der Waals surface area contributed by atoms with Gasteiger partial charge in [-0.3, -0.25) is 4.79 Å². The lowest BCUT2D eigenvalue weighted by Gasteiger charge is -2.05. The number of amides is 1. The topological polar surface area (TPSA) is 50.7 Å². The lowest BCUT2D eigenvalue weighted by molar-refractivity contribution is 0.0955. The second kappa shape index (κ2) is 7.24. The van der Waals surface area contributed by atoms with Crippen LogP contribution in [0.1, 0.15) is 28.8 Å². The van der Waals surface area contributed by atoms with Gasteiger partial charge in [0.15, 0.2) is 0 Å². The van der Waals surface area contributed by atoms with Crippen LogP contribution in [0.25, 0.3) is 0 Å². The van der Waals surface area contributed by atoms with Crippen molar-refractivity contribution in [1.29, 1.82) is 0 Å². The zero-order valence-corrected chi connectivity index (χ0v) is 12.1. The SMILES string of the molecule is COc1ccc(C(=O)N/N=C/C(C)c2ccccc2)cc1. The van der Waals surface area contributed by atoms with E-state index in [9.17, 15) is 4.79 Å². The molecular weight excluding hydrogens is 264 g/mol.